The molecule has 0 saturated carbocycles. The molecule has 0 radical (unpaired) electrons. The zero-order valence-corrected chi connectivity index (χ0v) is 16.1. The van der Waals surface area contributed by atoms with Gasteiger partial charge in [-0.1, -0.05) is 60.1 Å². The number of benzene rings is 2. The minimum Gasteiger partial charge on any atom is -0.467 e. The summed E-state index contributed by atoms with van der Waals surface area (Å²) in [6.45, 7) is -0.255. The molecular weight excluding hydrogens is 384 g/mol. The van der Waals surface area contributed by atoms with Gasteiger partial charge in [0.15, 0.2) is 0 Å². The van der Waals surface area contributed by atoms with Gasteiger partial charge in [0.25, 0.3) is 0 Å². The third-order valence-corrected chi connectivity index (χ3v) is 4.18. The van der Waals surface area contributed by atoms with Crippen molar-refractivity contribution in [1.29, 1.82) is 0 Å². The molecule has 28 heavy (non-hydrogen) atoms. The van der Waals surface area contributed by atoms with E-state index in [-0.39, 0.29) is 19.6 Å². The molecule has 2 aromatic rings. The zero-order chi connectivity index (χ0) is 20.4. The van der Waals surface area contributed by atoms with Crippen LogP contribution in [-0.4, -0.2) is 37.7 Å². The van der Waals surface area contributed by atoms with E-state index >= 15 is 0 Å². The fourth-order valence-corrected chi connectivity index (χ4v) is 2.60. The molecule has 1 atom stereocenters. The Morgan fingerprint density at radius 1 is 1.04 bits per heavy atom. The highest BCUT2D eigenvalue weighted by Crippen LogP contribution is 2.17. The molecule has 0 saturated heterocycles. The van der Waals surface area contributed by atoms with E-state index in [9.17, 15) is 14.4 Å². The van der Waals surface area contributed by atoms with Crippen LogP contribution in [0.4, 0.5) is 4.79 Å². The van der Waals surface area contributed by atoms with Crippen molar-refractivity contribution in [3.05, 3.63) is 70.7 Å². The number of amides is 2. The van der Waals surface area contributed by atoms with E-state index in [1.165, 1.54) is 7.11 Å². The Morgan fingerprint density at radius 3 is 2.39 bits per heavy atom. The van der Waals surface area contributed by atoms with Gasteiger partial charge in [0, 0.05) is 11.4 Å². The summed E-state index contributed by atoms with van der Waals surface area (Å²) in [4.78, 5) is 35.8. The summed E-state index contributed by atoms with van der Waals surface area (Å²) >= 11 is 6.10. The second kappa shape index (κ2) is 10.9. The number of hydrogen-bond donors (Lipinski definition) is 2. The second-order valence-corrected chi connectivity index (χ2v) is 6.26. The number of hydrogen-bond acceptors (Lipinski definition) is 5. The van der Waals surface area contributed by atoms with Crippen LogP contribution < -0.4 is 10.6 Å². The Labute approximate surface area is 168 Å². The molecule has 0 aliphatic heterocycles. The van der Waals surface area contributed by atoms with Crippen molar-refractivity contribution < 1.29 is 23.9 Å². The molecule has 0 heterocycles. The van der Waals surface area contributed by atoms with Gasteiger partial charge >= 0.3 is 12.1 Å². The molecular formula is C20H21ClN2O5. The summed E-state index contributed by atoms with van der Waals surface area (Å²) in [7, 11) is 1.23. The van der Waals surface area contributed by atoms with E-state index in [0.717, 1.165) is 5.56 Å². The predicted molar refractivity (Wildman–Crippen MR) is 104 cm³/mol. The van der Waals surface area contributed by atoms with Gasteiger partial charge in [-0.05, 0) is 17.2 Å². The lowest BCUT2D eigenvalue weighted by Crippen LogP contribution is -2.47. The molecule has 0 spiro atoms. The van der Waals surface area contributed by atoms with E-state index in [1.54, 1.807) is 24.3 Å². The van der Waals surface area contributed by atoms with Crippen molar-refractivity contribution in [3.8, 4) is 0 Å². The highest BCUT2D eigenvalue weighted by Gasteiger charge is 2.23. The maximum atomic E-state index is 12.1. The third kappa shape index (κ3) is 6.92. The molecule has 0 bridgehead atoms. The predicted octanol–water partition coefficient (Wildman–Crippen LogP) is 2.47. The van der Waals surface area contributed by atoms with Crippen LogP contribution in [0.25, 0.3) is 0 Å². The van der Waals surface area contributed by atoms with Crippen LogP contribution >= 0.6 is 11.6 Å². The number of nitrogens with one attached hydrogen (secondary N) is 2. The highest BCUT2D eigenvalue weighted by atomic mass is 35.5. The largest absolute Gasteiger partial charge is 0.467 e. The van der Waals surface area contributed by atoms with Crippen LogP contribution in [0.3, 0.4) is 0 Å². The highest BCUT2D eigenvalue weighted by molar-refractivity contribution is 6.31. The van der Waals surface area contributed by atoms with Crippen LogP contribution in [0.5, 0.6) is 0 Å². The Balaban J connectivity index is 1.83. The normalized spacial score (nSPS) is 11.2. The number of esters is 1. The van der Waals surface area contributed by atoms with E-state index in [1.807, 2.05) is 30.3 Å². The molecule has 0 aliphatic carbocycles. The van der Waals surface area contributed by atoms with Crippen molar-refractivity contribution in [3.63, 3.8) is 0 Å². The van der Waals surface area contributed by atoms with Gasteiger partial charge in [-0.3, -0.25) is 4.79 Å². The minimum atomic E-state index is -0.931. The quantitative estimate of drug-likeness (QED) is 0.659. The first kappa shape index (κ1) is 21.2. The zero-order valence-electron chi connectivity index (χ0n) is 15.3. The van der Waals surface area contributed by atoms with Gasteiger partial charge in [0.05, 0.1) is 7.11 Å². The van der Waals surface area contributed by atoms with Crippen molar-refractivity contribution in [2.45, 2.75) is 19.1 Å². The molecule has 0 fully saturated rings. The van der Waals surface area contributed by atoms with Crippen molar-refractivity contribution in [2.75, 3.05) is 13.7 Å². The van der Waals surface area contributed by atoms with Crippen molar-refractivity contribution in [1.82, 2.24) is 10.6 Å². The number of carbonyl (C=O) groups excluding carboxylic acids is 3. The Morgan fingerprint density at radius 2 is 1.71 bits per heavy atom. The van der Waals surface area contributed by atoms with Crippen LogP contribution in [0, 0.1) is 0 Å². The van der Waals surface area contributed by atoms with Gasteiger partial charge in [-0.2, -0.15) is 0 Å². The monoisotopic (exact) mass is 404 g/mol. The first-order valence-electron chi connectivity index (χ1n) is 8.54. The Bertz CT molecular complexity index is 813. The van der Waals surface area contributed by atoms with Crippen LogP contribution in [-0.2, 0) is 32.1 Å². The Hall–Kier alpha value is -3.06. The lowest BCUT2D eigenvalue weighted by Gasteiger charge is -2.17. The van der Waals surface area contributed by atoms with Crippen LogP contribution in [0.15, 0.2) is 54.6 Å². The maximum Gasteiger partial charge on any atom is 0.407 e. The van der Waals surface area contributed by atoms with Gasteiger partial charge < -0.3 is 20.1 Å². The molecule has 8 heteroatoms. The molecule has 2 rings (SSSR count). The third-order valence-electron chi connectivity index (χ3n) is 3.81. The second-order valence-electron chi connectivity index (χ2n) is 5.85. The molecule has 7 nitrogen and oxygen atoms in total. The number of alkyl carbamates (subject to hydrolysis) is 1. The molecule has 148 valence electrons. The van der Waals surface area contributed by atoms with E-state index in [2.05, 4.69) is 10.6 Å². The van der Waals surface area contributed by atoms with E-state index < -0.39 is 24.0 Å². The summed E-state index contributed by atoms with van der Waals surface area (Å²) in [6.07, 6.45) is -0.573. The smallest absolute Gasteiger partial charge is 0.407 e. The Kier molecular flexibility index (Phi) is 8.30. The number of carbonyl (C=O) groups is 3. The number of methoxy groups -OCH3 is 1. The van der Waals surface area contributed by atoms with Crippen LogP contribution in [0.2, 0.25) is 5.02 Å². The van der Waals surface area contributed by atoms with Crippen molar-refractivity contribution >= 4 is 29.6 Å². The van der Waals surface area contributed by atoms with E-state index in [0.29, 0.717) is 10.6 Å². The molecule has 2 amide bonds. The van der Waals surface area contributed by atoms with Gasteiger partial charge in [-0.25, -0.2) is 9.59 Å². The lowest BCUT2D eigenvalue weighted by molar-refractivity contribution is -0.144. The molecule has 0 unspecified atom stereocenters. The molecule has 2 aromatic carbocycles. The van der Waals surface area contributed by atoms with Crippen molar-refractivity contribution in [2.24, 2.45) is 0 Å². The first-order chi connectivity index (χ1) is 13.5. The number of ether oxygens (including phenoxy) is 2. The molecule has 2 N–H and O–H groups in total. The summed E-state index contributed by atoms with van der Waals surface area (Å²) in [5, 5.41) is 5.35. The van der Waals surface area contributed by atoms with Gasteiger partial charge in [-0.15, -0.1) is 0 Å². The SMILES string of the molecule is COC(=O)[C@H](Cc1ccccc1Cl)NC(=O)CNC(=O)OCc1ccccc1. The lowest BCUT2D eigenvalue weighted by atomic mass is 10.1. The number of halogens is 1. The molecule has 0 aromatic heterocycles. The van der Waals surface area contributed by atoms with Gasteiger partial charge in [0.2, 0.25) is 5.91 Å². The summed E-state index contributed by atoms with van der Waals surface area (Å²) < 4.78 is 9.75. The van der Waals surface area contributed by atoms with Crippen LogP contribution in [0.1, 0.15) is 11.1 Å². The average Bonchev–Trinajstić information content (AvgIpc) is 2.72. The average molecular weight is 405 g/mol. The van der Waals surface area contributed by atoms with Gasteiger partial charge in [0.1, 0.15) is 19.2 Å². The molecule has 0 aliphatic rings. The fraction of sp³-hybridized carbons (Fsp3) is 0.250. The minimum absolute atomic E-state index is 0.0889. The van der Waals surface area contributed by atoms with E-state index in [4.69, 9.17) is 21.1 Å². The standard InChI is InChI=1S/C20H21ClN2O5/c1-27-19(25)17(11-15-9-5-6-10-16(15)21)23-18(24)12-22-20(26)28-13-14-7-3-2-4-8-14/h2-10,17H,11-13H2,1H3,(H,22,26)(H,23,24)/t17-/m0/s1. The maximum absolute atomic E-state index is 12.1. The summed E-state index contributed by atoms with van der Waals surface area (Å²) in [5.74, 6) is -1.17. The first-order valence-corrected chi connectivity index (χ1v) is 8.92. The topological polar surface area (TPSA) is 93.7 Å². The summed E-state index contributed by atoms with van der Waals surface area (Å²) in [6, 6.07) is 15.2. The fourth-order valence-electron chi connectivity index (χ4n) is 2.39. The number of rotatable bonds is 8. The summed E-state index contributed by atoms with van der Waals surface area (Å²) in [5.41, 5.74) is 1.52.